The van der Waals surface area contributed by atoms with E-state index in [2.05, 4.69) is 0 Å². The fraction of sp³-hybridized carbons (Fsp3) is 0.778. The molecule has 0 fully saturated rings. The van der Waals surface area contributed by atoms with E-state index in [1.807, 2.05) is 0 Å². The number of hydrogen-bond acceptors (Lipinski definition) is 1. The predicted octanol–water partition coefficient (Wildman–Crippen LogP) is 4.56. The molecule has 0 heterocycles. The molecule has 0 bridgehead atoms. The largest absolute Gasteiger partial charge is 0.475 e. The van der Waals surface area contributed by atoms with Crippen LogP contribution >= 0.6 is 0 Å². The van der Waals surface area contributed by atoms with E-state index < -0.39 is 40.5 Å². The van der Waals surface area contributed by atoms with Crippen LogP contribution in [0, 0.1) is 0 Å². The van der Waals surface area contributed by atoms with Gasteiger partial charge in [-0.15, -0.1) is 0 Å². The normalized spacial score (nSPS) is 14.2. The molecular weight excluding hydrogens is 312 g/mol. The first-order valence-corrected chi connectivity index (χ1v) is 4.78. The summed E-state index contributed by atoms with van der Waals surface area (Å²) in [6.07, 6.45) is -12.6. The number of nitrogens with zero attached hydrogens (tertiary/aromatic N) is 1. The van der Waals surface area contributed by atoms with Crippen LogP contribution in [0.4, 0.5) is 43.9 Å². The van der Waals surface area contributed by atoms with Crippen LogP contribution in [0.1, 0.15) is 13.8 Å². The lowest BCUT2D eigenvalue weighted by molar-refractivity contribution is -0.342. The molecule has 11 heteroatoms. The maximum atomic E-state index is 13.1. The van der Waals surface area contributed by atoms with E-state index in [0.29, 0.717) is 13.8 Å². The van der Waals surface area contributed by atoms with Crippen LogP contribution in [0.25, 0.3) is 0 Å². The van der Waals surface area contributed by atoms with Crippen molar-refractivity contribution < 1.29 is 43.9 Å². The predicted molar refractivity (Wildman–Crippen MR) is 48.1 cm³/mol. The highest BCUT2D eigenvalue weighted by atomic mass is 19.4. The molecule has 0 aromatic rings. The van der Waals surface area contributed by atoms with Gasteiger partial charge in [-0.2, -0.15) is 43.9 Å². The second kappa shape index (κ2) is 4.99. The van der Waals surface area contributed by atoms with Crippen LogP contribution in [0.15, 0.2) is 11.3 Å². The Morgan fingerprint density at radius 2 is 1.05 bits per heavy atom. The van der Waals surface area contributed by atoms with Gasteiger partial charge in [-0.3, -0.25) is 0 Å². The highest BCUT2D eigenvalue weighted by Crippen LogP contribution is 2.48. The zero-order valence-electron chi connectivity index (χ0n) is 10.2. The number of allylic oxidation sites excluding steroid dienone is 2. The van der Waals surface area contributed by atoms with Crippen molar-refractivity contribution in [3.8, 4) is 0 Å². The van der Waals surface area contributed by atoms with Crippen molar-refractivity contribution in [2.45, 2.75) is 38.2 Å². The van der Waals surface area contributed by atoms with Gasteiger partial charge in [0.2, 0.25) is 0 Å². The number of alkyl halides is 10. The SMILES string of the molecule is CC(C)=C(N(C)C(F)(F)C(F)(F)F)C(F)(F)C(F)(F)F. The Hall–Kier alpha value is -1.16. The zero-order valence-corrected chi connectivity index (χ0v) is 10.2. The molecule has 0 amide bonds. The molecule has 0 rings (SSSR count). The smallest absolute Gasteiger partial charge is 0.306 e. The van der Waals surface area contributed by atoms with E-state index >= 15 is 0 Å². The molecule has 1 nitrogen and oxygen atoms in total. The Bertz CT molecular complexity index is 385. The van der Waals surface area contributed by atoms with Crippen LogP contribution in [-0.2, 0) is 0 Å². The number of halogens is 10. The van der Waals surface area contributed by atoms with E-state index in [4.69, 9.17) is 0 Å². The summed E-state index contributed by atoms with van der Waals surface area (Å²) in [7, 11) is -0.185. The fourth-order valence-corrected chi connectivity index (χ4v) is 1.32. The van der Waals surface area contributed by atoms with Crippen LogP contribution in [-0.4, -0.2) is 36.3 Å². The van der Waals surface area contributed by atoms with Crippen LogP contribution in [0.5, 0.6) is 0 Å². The minimum Gasteiger partial charge on any atom is -0.306 e. The van der Waals surface area contributed by atoms with E-state index in [0.717, 1.165) is 0 Å². The summed E-state index contributed by atoms with van der Waals surface area (Å²) in [5.41, 5.74) is -3.48. The Kier molecular flexibility index (Phi) is 4.70. The van der Waals surface area contributed by atoms with Gasteiger partial charge in [0.05, 0.1) is 5.70 Å². The summed E-state index contributed by atoms with van der Waals surface area (Å²) in [4.78, 5) is -1.41. The molecule has 0 saturated carbocycles. The van der Waals surface area contributed by atoms with Crippen LogP contribution in [0.3, 0.4) is 0 Å². The molecule has 120 valence electrons. The monoisotopic (exact) mass is 321 g/mol. The highest BCUT2D eigenvalue weighted by molar-refractivity contribution is 5.21. The molecule has 0 unspecified atom stereocenters. The zero-order chi connectivity index (χ0) is 16.7. The Labute approximate surface area is 106 Å². The summed E-state index contributed by atoms with van der Waals surface area (Å²) in [6, 6.07) is -5.88. The minimum absolute atomic E-state index is 0.185. The molecule has 20 heavy (non-hydrogen) atoms. The van der Waals surface area contributed by atoms with Gasteiger partial charge in [0.25, 0.3) is 0 Å². The second-order valence-electron chi connectivity index (χ2n) is 4.02. The van der Waals surface area contributed by atoms with Gasteiger partial charge in [0.15, 0.2) is 0 Å². The van der Waals surface area contributed by atoms with Crippen LogP contribution < -0.4 is 0 Å². The lowest BCUT2D eigenvalue weighted by atomic mass is 10.1. The third-order valence-electron chi connectivity index (χ3n) is 2.22. The Morgan fingerprint density at radius 1 is 0.700 bits per heavy atom. The fourth-order valence-electron chi connectivity index (χ4n) is 1.32. The average molecular weight is 321 g/mol. The standard InChI is InChI=1S/C9H9F10N/c1-4(2)5(6(10,11)7(12,13)14)20(3)9(18,19)8(15,16)17/h1-3H3. The highest BCUT2D eigenvalue weighted by Gasteiger charge is 2.68. The molecular formula is C9H9F10N. The second-order valence-corrected chi connectivity index (χ2v) is 4.02. The number of rotatable bonds is 3. The maximum absolute atomic E-state index is 13.1. The lowest BCUT2D eigenvalue weighted by Crippen LogP contribution is -2.55. The van der Waals surface area contributed by atoms with Crippen molar-refractivity contribution in [3.63, 3.8) is 0 Å². The minimum atomic E-state index is -6.32. The third-order valence-corrected chi connectivity index (χ3v) is 2.22. The van der Waals surface area contributed by atoms with Crippen molar-refractivity contribution >= 4 is 0 Å². The van der Waals surface area contributed by atoms with Crippen LogP contribution in [0.2, 0.25) is 0 Å². The molecule has 0 aromatic heterocycles. The molecule has 0 radical (unpaired) electrons. The number of hydrogen-bond donors (Lipinski definition) is 0. The molecule has 0 aromatic carbocycles. The lowest BCUT2D eigenvalue weighted by Gasteiger charge is -2.36. The molecule has 0 saturated heterocycles. The summed E-state index contributed by atoms with van der Waals surface area (Å²) in [5, 5.41) is 0. The molecule has 0 N–H and O–H groups in total. The summed E-state index contributed by atoms with van der Waals surface area (Å²) in [6.45, 7) is 1.13. The summed E-state index contributed by atoms with van der Waals surface area (Å²) in [5.74, 6) is -5.85. The Balaban J connectivity index is 6.00. The average Bonchev–Trinajstić information content (AvgIpc) is 2.12. The van der Waals surface area contributed by atoms with Crippen molar-refractivity contribution in [3.05, 3.63) is 11.3 Å². The molecule has 0 aliphatic heterocycles. The van der Waals surface area contributed by atoms with Crippen molar-refractivity contribution in [1.82, 2.24) is 4.90 Å². The molecule has 0 atom stereocenters. The maximum Gasteiger partial charge on any atom is 0.475 e. The van der Waals surface area contributed by atoms with E-state index in [9.17, 15) is 43.9 Å². The molecule has 0 aliphatic rings. The van der Waals surface area contributed by atoms with Gasteiger partial charge in [0, 0.05) is 7.05 Å². The van der Waals surface area contributed by atoms with Gasteiger partial charge in [-0.25, -0.2) is 0 Å². The van der Waals surface area contributed by atoms with Crippen molar-refractivity contribution in [2.75, 3.05) is 7.05 Å². The van der Waals surface area contributed by atoms with Gasteiger partial charge in [-0.05, 0) is 13.8 Å². The Morgan fingerprint density at radius 3 is 1.25 bits per heavy atom. The van der Waals surface area contributed by atoms with Gasteiger partial charge in [0.1, 0.15) is 0 Å². The van der Waals surface area contributed by atoms with E-state index in [1.54, 1.807) is 0 Å². The van der Waals surface area contributed by atoms with Crippen molar-refractivity contribution in [2.24, 2.45) is 0 Å². The first-order chi connectivity index (χ1) is 8.48. The van der Waals surface area contributed by atoms with Gasteiger partial charge in [-0.1, -0.05) is 5.57 Å². The summed E-state index contributed by atoms with van der Waals surface area (Å²) < 4.78 is 125. The van der Waals surface area contributed by atoms with Crippen molar-refractivity contribution in [1.29, 1.82) is 0 Å². The topological polar surface area (TPSA) is 3.24 Å². The molecule has 0 spiro atoms. The summed E-state index contributed by atoms with van der Waals surface area (Å²) >= 11 is 0. The molecule has 0 aliphatic carbocycles. The van der Waals surface area contributed by atoms with Gasteiger partial charge < -0.3 is 4.90 Å². The van der Waals surface area contributed by atoms with Gasteiger partial charge >= 0.3 is 24.3 Å². The first-order valence-electron chi connectivity index (χ1n) is 4.78. The quantitative estimate of drug-likeness (QED) is 0.544. The third kappa shape index (κ3) is 3.11. The van der Waals surface area contributed by atoms with E-state index in [1.165, 1.54) is 0 Å². The van der Waals surface area contributed by atoms with E-state index in [-0.39, 0.29) is 7.05 Å². The first kappa shape index (κ1) is 18.8.